The van der Waals surface area contributed by atoms with Crippen molar-refractivity contribution >= 4 is 12.1 Å². The lowest BCUT2D eigenvalue weighted by Gasteiger charge is -2.37. The molecule has 0 aliphatic carbocycles. The smallest absolute Gasteiger partial charge is 0.410 e. The fourth-order valence-electron chi connectivity index (χ4n) is 2.42. The van der Waals surface area contributed by atoms with Gasteiger partial charge in [-0.2, -0.15) is 0 Å². The van der Waals surface area contributed by atoms with Crippen molar-refractivity contribution in [3.8, 4) is 0 Å². The summed E-state index contributed by atoms with van der Waals surface area (Å²) in [6.45, 7) is -0.0103. The van der Waals surface area contributed by atoms with E-state index in [2.05, 4.69) is 0 Å². The Kier molecular flexibility index (Phi) is 4.95. The first-order valence-electron chi connectivity index (χ1n) is 6.93. The zero-order chi connectivity index (χ0) is 16.2. The first-order chi connectivity index (χ1) is 10.5. The largest absolute Gasteiger partial charge is 0.481 e. The van der Waals surface area contributed by atoms with E-state index in [0.29, 0.717) is 0 Å². The average molecular weight is 313 g/mol. The van der Waals surface area contributed by atoms with Crippen molar-refractivity contribution in [3.63, 3.8) is 0 Å². The van der Waals surface area contributed by atoms with E-state index in [9.17, 15) is 18.4 Å². The van der Waals surface area contributed by atoms with Gasteiger partial charge < -0.3 is 14.7 Å². The van der Waals surface area contributed by atoms with Gasteiger partial charge >= 0.3 is 12.1 Å². The summed E-state index contributed by atoms with van der Waals surface area (Å²) in [5.41, 5.74) is -1.24. The van der Waals surface area contributed by atoms with Gasteiger partial charge in [0.25, 0.3) is 6.43 Å². The minimum absolute atomic E-state index is 0.0513. The summed E-state index contributed by atoms with van der Waals surface area (Å²) in [4.78, 5) is 24.3. The molecule has 1 aliphatic rings. The molecule has 5 nitrogen and oxygen atoms in total. The predicted octanol–water partition coefficient (Wildman–Crippen LogP) is 2.76. The number of ether oxygens (including phenoxy) is 1. The predicted molar refractivity (Wildman–Crippen MR) is 73.5 cm³/mol. The van der Waals surface area contributed by atoms with E-state index in [1.54, 1.807) is 12.1 Å². The Morgan fingerprint density at radius 2 is 1.82 bits per heavy atom. The number of carboxylic acid groups (broad SMARTS) is 1. The molecule has 0 aromatic heterocycles. The Bertz CT molecular complexity index is 528. The third-order valence-electron chi connectivity index (χ3n) is 3.96. The topological polar surface area (TPSA) is 66.8 Å². The van der Waals surface area contributed by atoms with Gasteiger partial charge in [-0.25, -0.2) is 13.6 Å². The van der Waals surface area contributed by atoms with Crippen LogP contribution in [0.1, 0.15) is 18.4 Å². The highest BCUT2D eigenvalue weighted by Crippen LogP contribution is 2.38. The molecular formula is C15H17F2NO4. The number of alkyl halides is 2. The highest BCUT2D eigenvalue weighted by Gasteiger charge is 2.50. The zero-order valence-corrected chi connectivity index (χ0v) is 11.9. The Morgan fingerprint density at radius 3 is 2.32 bits per heavy atom. The van der Waals surface area contributed by atoms with E-state index in [4.69, 9.17) is 9.84 Å². The van der Waals surface area contributed by atoms with Crippen LogP contribution in [0.3, 0.4) is 0 Å². The van der Waals surface area contributed by atoms with Gasteiger partial charge in [-0.15, -0.1) is 0 Å². The van der Waals surface area contributed by atoms with Gasteiger partial charge in [-0.05, 0) is 18.4 Å². The van der Waals surface area contributed by atoms with E-state index >= 15 is 0 Å². The number of carboxylic acids is 1. The molecule has 22 heavy (non-hydrogen) atoms. The molecule has 0 spiro atoms. The van der Waals surface area contributed by atoms with Crippen LogP contribution in [-0.2, 0) is 16.1 Å². The normalized spacial score (nSPS) is 17.3. The molecule has 1 saturated heterocycles. The highest BCUT2D eigenvalue weighted by molar-refractivity contribution is 5.76. The third kappa shape index (κ3) is 3.35. The van der Waals surface area contributed by atoms with Gasteiger partial charge in [0.2, 0.25) is 0 Å². The Labute approximate surface area is 126 Å². The summed E-state index contributed by atoms with van der Waals surface area (Å²) in [6.07, 6.45) is -4.12. The number of piperidine rings is 1. The molecular weight excluding hydrogens is 296 g/mol. The molecule has 1 aromatic carbocycles. The van der Waals surface area contributed by atoms with Crippen LogP contribution in [0.2, 0.25) is 0 Å². The summed E-state index contributed by atoms with van der Waals surface area (Å²) in [5.74, 6) is -1.51. The third-order valence-corrected chi connectivity index (χ3v) is 3.96. The van der Waals surface area contributed by atoms with E-state index in [1.807, 2.05) is 18.2 Å². The number of halogens is 2. The summed E-state index contributed by atoms with van der Waals surface area (Å²) in [5, 5.41) is 9.02. The van der Waals surface area contributed by atoms with Crippen LogP contribution in [0.4, 0.5) is 13.6 Å². The van der Waals surface area contributed by atoms with Crippen molar-refractivity contribution in [3.05, 3.63) is 35.9 Å². The molecule has 0 unspecified atom stereocenters. The van der Waals surface area contributed by atoms with E-state index < -0.39 is 23.9 Å². The summed E-state index contributed by atoms with van der Waals surface area (Å²) in [7, 11) is 0. The minimum Gasteiger partial charge on any atom is -0.481 e. The molecule has 0 atom stereocenters. The maximum atomic E-state index is 13.0. The van der Waals surface area contributed by atoms with Crippen LogP contribution in [0.25, 0.3) is 0 Å². The molecule has 7 heteroatoms. The van der Waals surface area contributed by atoms with Crippen LogP contribution in [0, 0.1) is 5.41 Å². The molecule has 120 valence electrons. The fourth-order valence-corrected chi connectivity index (χ4v) is 2.42. The lowest BCUT2D eigenvalue weighted by Crippen LogP contribution is -2.50. The van der Waals surface area contributed by atoms with Gasteiger partial charge in [0, 0.05) is 13.1 Å². The molecule has 1 aromatic rings. The second-order valence-electron chi connectivity index (χ2n) is 5.29. The molecule has 1 heterocycles. The number of likely N-dealkylation sites (tertiary alicyclic amines) is 1. The molecule has 1 N–H and O–H groups in total. The summed E-state index contributed by atoms with van der Waals surface area (Å²) in [6, 6.07) is 9.07. The van der Waals surface area contributed by atoms with Crippen LogP contribution >= 0.6 is 0 Å². The molecule has 1 amide bonds. The number of aliphatic carboxylic acids is 1. The number of amides is 1. The second-order valence-corrected chi connectivity index (χ2v) is 5.29. The van der Waals surface area contributed by atoms with Crippen molar-refractivity contribution < 1.29 is 28.2 Å². The first-order valence-corrected chi connectivity index (χ1v) is 6.93. The van der Waals surface area contributed by atoms with Crippen LogP contribution in [-0.4, -0.2) is 41.6 Å². The van der Waals surface area contributed by atoms with E-state index in [0.717, 1.165) is 5.56 Å². The maximum Gasteiger partial charge on any atom is 0.410 e. The lowest BCUT2D eigenvalue weighted by molar-refractivity contribution is -0.164. The Balaban J connectivity index is 1.88. The van der Waals surface area contributed by atoms with Crippen molar-refractivity contribution in [2.75, 3.05) is 13.1 Å². The number of carbonyl (C=O) groups is 2. The number of hydrogen-bond acceptors (Lipinski definition) is 3. The lowest BCUT2D eigenvalue weighted by atomic mass is 9.79. The minimum atomic E-state index is -2.95. The molecule has 0 saturated carbocycles. The van der Waals surface area contributed by atoms with Gasteiger partial charge in [0.1, 0.15) is 12.0 Å². The van der Waals surface area contributed by atoms with Crippen molar-refractivity contribution in [2.45, 2.75) is 25.9 Å². The van der Waals surface area contributed by atoms with Crippen LogP contribution in [0.5, 0.6) is 0 Å². The number of hydrogen-bond donors (Lipinski definition) is 1. The zero-order valence-electron chi connectivity index (χ0n) is 11.9. The number of carbonyl (C=O) groups excluding carboxylic acids is 1. The fraction of sp³-hybridized carbons (Fsp3) is 0.467. The van der Waals surface area contributed by atoms with Crippen molar-refractivity contribution in [2.24, 2.45) is 5.41 Å². The van der Waals surface area contributed by atoms with Gasteiger partial charge in [-0.3, -0.25) is 4.79 Å². The van der Waals surface area contributed by atoms with Gasteiger partial charge in [0.15, 0.2) is 0 Å². The standard InChI is InChI=1S/C15H17F2NO4/c16-12(17)15(13(19)20)6-8-18(9-7-15)14(21)22-10-11-4-2-1-3-5-11/h1-5,12H,6-10H2,(H,19,20). The van der Waals surface area contributed by atoms with Gasteiger partial charge in [0.05, 0.1) is 0 Å². The number of nitrogens with zero attached hydrogens (tertiary/aromatic N) is 1. The van der Waals surface area contributed by atoms with E-state index in [1.165, 1.54) is 4.90 Å². The summed E-state index contributed by atoms with van der Waals surface area (Å²) >= 11 is 0. The van der Waals surface area contributed by atoms with Crippen molar-refractivity contribution in [1.29, 1.82) is 0 Å². The maximum absolute atomic E-state index is 13.0. The molecule has 1 aliphatic heterocycles. The summed E-state index contributed by atoms with van der Waals surface area (Å²) < 4.78 is 31.1. The van der Waals surface area contributed by atoms with E-state index in [-0.39, 0.29) is 32.5 Å². The molecule has 1 fully saturated rings. The number of rotatable bonds is 4. The molecule has 0 bridgehead atoms. The van der Waals surface area contributed by atoms with Gasteiger partial charge in [-0.1, -0.05) is 30.3 Å². The molecule has 2 rings (SSSR count). The SMILES string of the molecule is O=C(OCc1ccccc1)N1CCC(C(=O)O)(C(F)F)CC1. The number of benzene rings is 1. The molecule has 0 radical (unpaired) electrons. The van der Waals surface area contributed by atoms with Crippen LogP contribution < -0.4 is 0 Å². The highest BCUT2D eigenvalue weighted by atomic mass is 19.3. The Hall–Kier alpha value is -2.18. The monoisotopic (exact) mass is 313 g/mol. The quantitative estimate of drug-likeness (QED) is 0.928. The first kappa shape index (κ1) is 16.2. The second kappa shape index (κ2) is 6.72. The Morgan fingerprint density at radius 1 is 1.23 bits per heavy atom. The van der Waals surface area contributed by atoms with Crippen molar-refractivity contribution in [1.82, 2.24) is 4.90 Å². The van der Waals surface area contributed by atoms with Crippen LogP contribution in [0.15, 0.2) is 30.3 Å². The average Bonchev–Trinajstić information content (AvgIpc) is 2.53.